The van der Waals surface area contributed by atoms with Crippen LogP contribution in [-0.2, 0) is 9.53 Å². The fraction of sp³-hybridized carbons (Fsp3) is 0.273. The number of amides is 1. The molecule has 1 amide bonds. The van der Waals surface area contributed by atoms with Gasteiger partial charge in [-0.25, -0.2) is 0 Å². The van der Waals surface area contributed by atoms with Gasteiger partial charge in [-0.1, -0.05) is 0 Å². The number of hydrogen-bond acceptors (Lipinski definition) is 5. The van der Waals surface area contributed by atoms with Gasteiger partial charge in [0.15, 0.2) is 16.6 Å². The minimum absolute atomic E-state index is 0.0420. The maximum absolute atomic E-state index is 11.1. The van der Waals surface area contributed by atoms with Crippen molar-refractivity contribution in [3.8, 4) is 11.5 Å². The molecule has 0 saturated carbocycles. The Morgan fingerprint density at radius 1 is 1.37 bits per heavy atom. The van der Waals surface area contributed by atoms with Gasteiger partial charge in [0.05, 0.1) is 0 Å². The molecule has 102 valence electrons. The molecule has 0 spiro atoms. The third-order valence-corrected chi connectivity index (χ3v) is 2.43. The van der Waals surface area contributed by atoms with Crippen LogP contribution >= 0.6 is 12.2 Å². The van der Waals surface area contributed by atoms with Gasteiger partial charge in [0.25, 0.3) is 5.91 Å². The van der Waals surface area contributed by atoms with Gasteiger partial charge >= 0.3 is 0 Å². The Bertz CT molecular complexity index is 495. The molecule has 1 aromatic carbocycles. The van der Waals surface area contributed by atoms with E-state index in [4.69, 9.17) is 21.7 Å². The Hall–Kier alpha value is -2.06. The highest BCUT2D eigenvalue weighted by Gasteiger charge is 2.13. The molecular formula is C11H13N3O4S. The van der Waals surface area contributed by atoms with Gasteiger partial charge in [0.1, 0.15) is 6.61 Å². The van der Waals surface area contributed by atoms with E-state index < -0.39 is 0 Å². The molecule has 0 fully saturated rings. The van der Waals surface area contributed by atoms with Gasteiger partial charge in [0.2, 0.25) is 6.79 Å². The number of rotatable bonds is 3. The number of benzene rings is 1. The lowest BCUT2D eigenvalue weighted by atomic mass is 10.3. The summed E-state index contributed by atoms with van der Waals surface area (Å²) in [6, 6.07) is 5.32. The Labute approximate surface area is 115 Å². The summed E-state index contributed by atoms with van der Waals surface area (Å²) in [5, 5.41) is 3.15. The molecule has 0 aromatic heterocycles. The van der Waals surface area contributed by atoms with Crippen LogP contribution < -0.4 is 25.6 Å². The predicted octanol–water partition coefficient (Wildman–Crippen LogP) is 0.379. The van der Waals surface area contributed by atoms with Crippen molar-refractivity contribution in [3.05, 3.63) is 18.2 Å². The average Bonchev–Trinajstić information content (AvgIpc) is 2.84. The first kappa shape index (κ1) is 13.4. The number of methoxy groups -OCH3 is 1. The zero-order valence-electron chi connectivity index (χ0n) is 10.2. The molecule has 3 N–H and O–H groups in total. The number of hydrogen-bond donors (Lipinski definition) is 3. The summed E-state index contributed by atoms with van der Waals surface area (Å²) in [6.45, 7) is 0.175. The first-order chi connectivity index (χ1) is 9.19. The average molecular weight is 283 g/mol. The highest BCUT2D eigenvalue weighted by Crippen LogP contribution is 2.34. The Morgan fingerprint density at radius 2 is 2.16 bits per heavy atom. The van der Waals surface area contributed by atoms with Crippen molar-refractivity contribution >= 4 is 28.9 Å². The summed E-state index contributed by atoms with van der Waals surface area (Å²) in [5.41, 5.74) is 5.66. The molecule has 1 aliphatic heterocycles. The SMILES string of the molecule is COCC(=O)NNC(=S)Nc1ccc2c(c1)OCO2. The summed E-state index contributed by atoms with van der Waals surface area (Å²) in [4.78, 5) is 11.1. The van der Waals surface area contributed by atoms with Crippen LogP contribution in [0.25, 0.3) is 0 Å². The first-order valence-electron chi connectivity index (χ1n) is 5.43. The third kappa shape index (κ3) is 3.70. The van der Waals surface area contributed by atoms with Gasteiger partial charge < -0.3 is 19.5 Å². The monoisotopic (exact) mass is 283 g/mol. The summed E-state index contributed by atoms with van der Waals surface area (Å²) in [7, 11) is 1.43. The molecule has 0 saturated heterocycles. The van der Waals surface area contributed by atoms with E-state index in [1.165, 1.54) is 7.11 Å². The number of carbonyl (C=O) groups excluding carboxylic acids is 1. The molecule has 1 aliphatic rings. The van der Waals surface area contributed by atoms with E-state index in [9.17, 15) is 4.79 Å². The molecule has 0 bridgehead atoms. The molecule has 0 radical (unpaired) electrons. The summed E-state index contributed by atoms with van der Waals surface area (Å²) in [5.74, 6) is 1.02. The normalized spacial score (nSPS) is 11.8. The van der Waals surface area contributed by atoms with E-state index in [1.54, 1.807) is 18.2 Å². The molecule has 2 rings (SSSR count). The standard InChI is InChI=1S/C11H13N3O4S/c1-16-5-10(15)13-14-11(19)12-7-2-3-8-9(4-7)18-6-17-8/h2-4H,5-6H2,1H3,(H,13,15)(H2,12,14,19). The van der Waals surface area contributed by atoms with Crippen LogP contribution in [0.2, 0.25) is 0 Å². The van der Waals surface area contributed by atoms with Crippen molar-refractivity contribution in [2.24, 2.45) is 0 Å². The highest BCUT2D eigenvalue weighted by molar-refractivity contribution is 7.80. The van der Waals surface area contributed by atoms with Crippen molar-refractivity contribution in [3.63, 3.8) is 0 Å². The van der Waals surface area contributed by atoms with Gasteiger partial charge in [-0.15, -0.1) is 0 Å². The zero-order chi connectivity index (χ0) is 13.7. The smallest absolute Gasteiger partial charge is 0.264 e. The fourth-order valence-corrected chi connectivity index (χ4v) is 1.60. The van der Waals surface area contributed by atoms with Gasteiger partial charge in [-0.3, -0.25) is 15.6 Å². The molecule has 0 unspecified atom stereocenters. The Kier molecular flexibility index (Phi) is 4.37. The lowest BCUT2D eigenvalue weighted by molar-refractivity contribution is -0.125. The summed E-state index contributed by atoms with van der Waals surface area (Å²) < 4.78 is 15.1. The maximum atomic E-state index is 11.1. The van der Waals surface area contributed by atoms with E-state index in [0.717, 1.165) is 5.69 Å². The number of anilines is 1. The number of thiocarbonyl (C=S) groups is 1. The number of fused-ring (bicyclic) bond motifs is 1. The molecule has 0 aliphatic carbocycles. The Morgan fingerprint density at radius 3 is 2.95 bits per heavy atom. The van der Waals surface area contributed by atoms with Gasteiger partial charge in [-0.2, -0.15) is 0 Å². The van der Waals surface area contributed by atoms with Gasteiger partial charge in [0, 0.05) is 18.9 Å². The quantitative estimate of drug-likeness (QED) is 0.546. The number of nitrogens with one attached hydrogen (secondary N) is 3. The van der Waals surface area contributed by atoms with Crippen LogP contribution in [0.5, 0.6) is 11.5 Å². The van der Waals surface area contributed by atoms with Crippen LogP contribution in [0, 0.1) is 0 Å². The first-order valence-corrected chi connectivity index (χ1v) is 5.84. The van der Waals surface area contributed by atoms with Crippen LogP contribution in [0.15, 0.2) is 18.2 Å². The molecule has 1 aromatic rings. The van der Waals surface area contributed by atoms with Crippen LogP contribution in [0.3, 0.4) is 0 Å². The molecule has 7 nitrogen and oxygen atoms in total. The highest BCUT2D eigenvalue weighted by atomic mass is 32.1. The van der Waals surface area contributed by atoms with Crippen LogP contribution in [-0.4, -0.2) is 31.5 Å². The number of hydrazine groups is 1. The van der Waals surface area contributed by atoms with E-state index in [1.807, 2.05) is 0 Å². The van der Waals surface area contributed by atoms with E-state index in [0.29, 0.717) is 11.5 Å². The second-order valence-electron chi connectivity index (χ2n) is 3.63. The van der Waals surface area contributed by atoms with E-state index in [2.05, 4.69) is 20.9 Å². The number of ether oxygens (including phenoxy) is 3. The van der Waals surface area contributed by atoms with E-state index >= 15 is 0 Å². The van der Waals surface area contributed by atoms with Crippen molar-refractivity contribution in [1.82, 2.24) is 10.9 Å². The van der Waals surface area contributed by atoms with E-state index in [-0.39, 0.29) is 24.4 Å². The zero-order valence-corrected chi connectivity index (χ0v) is 11.0. The van der Waals surface area contributed by atoms with Crippen LogP contribution in [0.1, 0.15) is 0 Å². The van der Waals surface area contributed by atoms with Crippen molar-refractivity contribution in [2.45, 2.75) is 0 Å². The Balaban J connectivity index is 1.84. The molecule has 1 heterocycles. The maximum Gasteiger partial charge on any atom is 0.264 e. The summed E-state index contributed by atoms with van der Waals surface area (Å²) in [6.07, 6.45) is 0. The second-order valence-corrected chi connectivity index (χ2v) is 4.04. The minimum atomic E-state index is -0.322. The van der Waals surface area contributed by atoms with Crippen molar-refractivity contribution < 1.29 is 19.0 Å². The summed E-state index contributed by atoms with van der Waals surface area (Å²) >= 11 is 5.02. The van der Waals surface area contributed by atoms with Crippen LogP contribution in [0.4, 0.5) is 5.69 Å². The largest absolute Gasteiger partial charge is 0.454 e. The molecule has 19 heavy (non-hydrogen) atoms. The van der Waals surface area contributed by atoms with Crippen molar-refractivity contribution in [2.75, 3.05) is 25.8 Å². The molecule has 0 atom stereocenters. The predicted molar refractivity (Wildman–Crippen MR) is 71.9 cm³/mol. The topological polar surface area (TPSA) is 80.9 Å². The van der Waals surface area contributed by atoms with Crippen molar-refractivity contribution in [1.29, 1.82) is 0 Å². The fourth-order valence-electron chi connectivity index (χ4n) is 1.43. The lowest BCUT2D eigenvalue weighted by Crippen LogP contribution is -2.45. The molecule has 8 heteroatoms. The lowest BCUT2D eigenvalue weighted by Gasteiger charge is -2.11. The third-order valence-electron chi connectivity index (χ3n) is 2.22. The molecular weight excluding hydrogens is 270 g/mol. The minimum Gasteiger partial charge on any atom is -0.454 e. The second kappa shape index (κ2) is 6.21. The van der Waals surface area contributed by atoms with Gasteiger partial charge in [-0.05, 0) is 24.4 Å². The number of carbonyl (C=O) groups is 1.